The molecule has 1 saturated heterocycles. The monoisotopic (exact) mass is 291 g/mol. The minimum atomic E-state index is -0.299. The summed E-state index contributed by atoms with van der Waals surface area (Å²) in [5.74, 6) is 0. The van der Waals surface area contributed by atoms with Gasteiger partial charge in [-0.1, -0.05) is 25.1 Å². The van der Waals surface area contributed by atoms with E-state index in [1.54, 1.807) is 12.1 Å². The molecule has 1 unspecified atom stereocenters. The Kier molecular flexibility index (Phi) is 6.14. The van der Waals surface area contributed by atoms with Crippen molar-refractivity contribution in [3.8, 4) is 0 Å². The first-order valence-electron chi connectivity index (χ1n) is 7.88. The van der Waals surface area contributed by atoms with Gasteiger partial charge in [0.15, 0.2) is 0 Å². The van der Waals surface area contributed by atoms with E-state index in [1.165, 1.54) is 25.9 Å². The Morgan fingerprint density at radius 2 is 2.14 bits per heavy atom. The molecule has 0 saturated carbocycles. The van der Waals surface area contributed by atoms with Crippen molar-refractivity contribution in [1.82, 2.24) is 10.2 Å². The smallest absolute Gasteiger partial charge is 0.273 e. The predicted octanol–water partition coefficient (Wildman–Crippen LogP) is 2.95. The molecule has 1 atom stereocenters. The zero-order valence-corrected chi connectivity index (χ0v) is 12.8. The summed E-state index contributed by atoms with van der Waals surface area (Å²) in [5, 5.41) is 14.5. The van der Waals surface area contributed by atoms with Crippen molar-refractivity contribution in [3.63, 3.8) is 0 Å². The maximum Gasteiger partial charge on any atom is 0.273 e. The fourth-order valence-electron chi connectivity index (χ4n) is 2.99. The minimum absolute atomic E-state index is 0.214. The molecule has 1 aliphatic heterocycles. The zero-order chi connectivity index (χ0) is 15.1. The van der Waals surface area contributed by atoms with Crippen LogP contribution >= 0.6 is 0 Å². The van der Waals surface area contributed by atoms with Crippen LogP contribution in [0, 0.1) is 10.1 Å². The fourth-order valence-corrected chi connectivity index (χ4v) is 2.99. The van der Waals surface area contributed by atoms with Crippen molar-refractivity contribution in [3.05, 3.63) is 39.9 Å². The molecular formula is C16H25N3O2. The minimum Gasteiger partial charge on any atom is -0.310 e. The van der Waals surface area contributed by atoms with Crippen molar-refractivity contribution >= 4 is 5.69 Å². The number of benzene rings is 1. The highest BCUT2D eigenvalue weighted by atomic mass is 16.6. The van der Waals surface area contributed by atoms with Crippen molar-refractivity contribution in [2.24, 2.45) is 0 Å². The van der Waals surface area contributed by atoms with E-state index in [1.807, 2.05) is 12.1 Å². The van der Waals surface area contributed by atoms with E-state index in [2.05, 4.69) is 17.1 Å². The number of hydrogen-bond donors (Lipinski definition) is 1. The third kappa shape index (κ3) is 4.79. The number of nitro benzene ring substituents is 1. The summed E-state index contributed by atoms with van der Waals surface area (Å²) in [4.78, 5) is 13.2. The molecule has 0 radical (unpaired) electrons. The highest BCUT2D eigenvalue weighted by molar-refractivity contribution is 5.39. The number of rotatable bonds is 6. The molecule has 21 heavy (non-hydrogen) atoms. The van der Waals surface area contributed by atoms with Gasteiger partial charge in [-0.2, -0.15) is 0 Å². The van der Waals surface area contributed by atoms with Crippen LogP contribution < -0.4 is 5.32 Å². The average molecular weight is 291 g/mol. The second-order valence-electron chi connectivity index (χ2n) is 5.74. The van der Waals surface area contributed by atoms with Crippen LogP contribution in [0.25, 0.3) is 0 Å². The number of nitro groups is 1. The van der Waals surface area contributed by atoms with Crippen LogP contribution in [-0.2, 0) is 6.54 Å². The Hall–Kier alpha value is -1.46. The van der Waals surface area contributed by atoms with Gasteiger partial charge in [0.05, 0.1) is 4.92 Å². The summed E-state index contributed by atoms with van der Waals surface area (Å²) in [7, 11) is 0. The van der Waals surface area contributed by atoms with Crippen LogP contribution in [0.15, 0.2) is 24.3 Å². The predicted molar refractivity (Wildman–Crippen MR) is 84.3 cm³/mol. The number of hydrogen-bond acceptors (Lipinski definition) is 4. The number of nitrogens with one attached hydrogen (secondary N) is 1. The highest BCUT2D eigenvalue weighted by Crippen LogP contribution is 2.18. The summed E-state index contributed by atoms with van der Waals surface area (Å²) in [5.41, 5.74) is 0.989. The molecule has 1 fully saturated rings. The van der Waals surface area contributed by atoms with Crippen LogP contribution in [0.2, 0.25) is 0 Å². The van der Waals surface area contributed by atoms with Gasteiger partial charge in [0, 0.05) is 24.2 Å². The quantitative estimate of drug-likeness (QED) is 0.646. The lowest BCUT2D eigenvalue weighted by atomic mass is 10.1. The topological polar surface area (TPSA) is 58.4 Å². The van der Waals surface area contributed by atoms with Crippen LogP contribution in [0.4, 0.5) is 5.69 Å². The number of nitrogens with zero attached hydrogens (tertiary/aromatic N) is 2. The van der Waals surface area contributed by atoms with Gasteiger partial charge in [-0.25, -0.2) is 0 Å². The lowest BCUT2D eigenvalue weighted by Gasteiger charge is -2.19. The van der Waals surface area contributed by atoms with Gasteiger partial charge in [-0.15, -0.1) is 0 Å². The SMILES string of the molecule is CCCN1CCCC(NCc2ccccc2[N+](=O)[O-])CC1. The molecule has 0 aromatic heterocycles. The third-order valence-corrected chi connectivity index (χ3v) is 4.13. The molecule has 1 aromatic carbocycles. The molecular weight excluding hydrogens is 266 g/mol. The Labute approximate surface area is 126 Å². The van der Waals surface area contributed by atoms with Gasteiger partial charge >= 0.3 is 0 Å². The summed E-state index contributed by atoms with van der Waals surface area (Å²) in [6.07, 6.45) is 4.68. The van der Waals surface area contributed by atoms with Crippen molar-refractivity contribution < 1.29 is 4.92 Å². The zero-order valence-electron chi connectivity index (χ0n) is 12.8. The summed E-state index contributed by atoms with van der Waals surface area (Å²) >= 11 is 0. The first-order chi connectivity index (χ1) is 10.2. The Morgan fingerprint density at radius 1 is 1.33 bits per heavy atom. The average Bonchev–Trinajstić information content (AvgIpc) is 2.71. The second kappa shape index (κ2) is 8.10. The first kappa shape index (κ1) is 15.9. The van der Waals surface area contributed by atoms with Crippen molar-refractivity contribution in [2.45, 2.75) is 45.2 Å². The van der Waals surface area contributed by atoms with Crippen LogP contribution in [0.3, 0.4) is 0 Å². The standard InChI is InChI=1S/C16H25N3O2/c1-2-10-18-11-5-7-15(9-12-18)17-13-14-6-3-4-8-16(14)19(20)21/h3-4,6,8,15,17H,2,5,7,9-13H2,1H3. The summed E-state index contributed by atoms with van der Waals surface area (Å²) in [6, 6.07) is 7.46. The van der Waals surface area contributed by atoms with E-state index in [-0.39, 0.29) is 10.6 Å². The van der Waals surface area contributed by atoms with Crippen molar-refractivity contribution in [1.29, 1.82) is 0 Å². The van der Waals surface area contributed by atoms with E-state index < -0.39 is 0 Å². The van der Waals surface area contributed by atoms with Gasteiger partial charge in [0.2, 0.25) is 0 Å². The third-order valence-electron chi connectivity index (χ3n) is 4.13. The first-order valence-corrected chi connectivity index (χ1v) is 7.88. The molecule has 0 bridgehead atoms. The van der Waals surface area contributed by atoms with Gasteiger partial charge in [-0.05, 0) is 45.3 Å². The van der Waals surface area contributed by atoms with Crippen LogP contribution in [-0.4, -0.2) is 35.5 Å². The molecule has 2 rings (SSSR count). The summed E-state index contributed by atoms with van der Waals surface area (Å²) in [6.45, 7) is 6.28. The fraction of sp³-hybridized carbons (Fsp3) is 0.625. The second-order valence-corrected chi connectivity index (χ2v) is 5.74. The molecule has 1 aromatic rings. The van der Waals surface area contributed by atoms with E-state index in [0.717, 1.165) is 24.9 Å². The summed E-state index contributed by atoms with van der Waals surface area (Å²) < 4.78 is 0. The van der Waals surface area contributed by atoms with Gasteiger partial charge in [0.25, 0.3) is 5.69 Å². The normalized spacial score (nSPS) is 20.1. The lowest BCUT2D eigenvalue weighted by molar-refractivity contribution is -0.385. The molecule has 0 spiro atoms. The Balaban J connectivity index is 1.87. The van der Waals surface area contributed by atoms with E-state index in [0.29, 0.717) is 12.6 Å². The van der Waals surface area contributed by atoms with E-state index in [4.69, 9.17) is 0 Å². The number of para-hydroxylation sites is 1. The molecule has 1 heterocycles. The molecule has 116 valence electrons. The van der Waals surface area contributed by atoms with Crippen molar-refractivity contribution in [2.75, 3.05) is 19.6 Å². The Bertz CT molecular complexity index is 465. The van der Waals surface area contributed by atoms with Gasteiger partial charge in [0.1, 0.15) is 0 Å². The maximum atomic E-state index is 11.0. The maximum absolute atomic E-state index is 11.0. The lowest BCUT2D eigenvalue weighted by Crippen LogP contribution is -2.31. The van der Waals surface area contributed by atoms with Crippen LogP contribution in [0.1, 0.15) is 38.2 Å². The molecule has 1 N–H and O–H groups in total. The Morgan fingerprint density at radius 3 is 2.90 bits per heavy atom. The largest absolute Gasteiger partial charge is 0.310 e. The molecule has 0 amide bonds. The van der Waals surface area contributed by atoms with E-state index in [9.17, 15) is 10.1 Å². The van der Waals surface area contributed by atoms with Crippen LogP contribution in [0.5, 0.6) is 0 Å². The molecule has 5 heteroatoms. The van der Waals surface area contributed by atoms with E-state index >= 15 is 0 Å². The molecule has 5 nitrogen and oxygen atoms in total. The molecule has 0 aliphatic carbocycles. The highest BCUT2D eigenvalue weighted by Gasteiger charge is 2.18. The van der Waals surface area contributed by atoms with Gasteiger partial charge < -0.3 is 10.2 Å². The van der Waals surface area contributed by atoms with Gasteiger partial charge in [-0.3, -0.25) is 10.1 Å². The molecule has 1 aliphatic rings. The number of likely N-dealkylation sites (tertiary alicyclic amines) is 1.